The molecule has 0 bridgehead atoms. The lowest BCUT2D eigenvalue weighted by molar-refractivity contribution is -0.137. The number of aliphatic hydroxyl groups is 1. The summed E-state index contributed by atoms with van der Waals surface area (Å²) >= 11 is 0. The summed E-state index contributed by atoms with van der Waals surface area (Å²) in [6.07, 6.45) is -4.30. The summed E-state index contributed by atoms with van der Waals surface area (Å²) in [7, 11) is 1.36. The Labute approximate surface area is 137 Å². The largest absolute Gasteiger partial charge is 0.418 e. The van der Waals surface area contributed by atoms with Crippen LogP contribution in [0.25, 0.3) is 0 Å². The number of nitrogens with zero attached hydrogens (tertiary/aromatic N) is 1. The third kappa shape index (κ3) is 6.17. The lowest BCUT2D eigenvalue weighted by Crippen LogP contribution is -2.30. The number of benzene rings is 1. The van der Waals surface area contributed by atoms with Gasteiger partial charge in [-0.05, 0) is 26.0 Å². The average molecular weight is 347 g/mol. The van der Waals surface area contributed by atoms with E-state index < -0.39 is 17.3 Å². The van der Waals surface area contributed by atoms with Gasteiger partial charge in [0.25, 0.3) is 0 Å². The molecular weight excluding hydrogens is 327 g/mol. The molecule has 0 aliphatic heterocycles. The van der Waals surface area contributed by atoms with Gasteiger partial charge in [-0.3, -0.25) is 4.79 Å². The Bertz CT molecular complexity index is 596. The molecule has 0 saturated heterocycles. The number of methoxy groups -OCH3 is 1. The Hall–Kier alpha value is -2.13. The van der Waals surface area contributed by atoms with E-state index in [0.29, 0.717) is 6.41 Å². The maximum atomic E-state index is 13.3. The predicted molar refractivity (Wildman–Crippen MR) is 83.8 cm³/mol. The summed E-state index contributed by atoms with van der Waals surface area (Å²) < 4.78 is 44.8. The second kappa shape index (κ2) is 8.11. The number of hydrogen-bond donors (Lipinski definition) is 3. The topological polar surface area (TPSA) is 83.0 Å². The molecule has 0 heterocycles. The van der Waals surface area contributed by atoms with Gasteiger partial charge in [-0.1, -0.05) is 6.07 Å². The van der Waals surface area contributed by atoms with Crippen molar-refractivity contribution in [3.05, 3.63) is 29.3 Å². The second-order valence-corrected chi connectivity index (χ2v) is 5.66. The summed E-state index contributed by atoms with van der Waals surface area (Å²) in [6.45, 7) is 2.84. The smallest absolute Gasteiger partial charge is 0.389 e. The number of hydrogen-bond acceptors (Lipinski definition) is 5. The lowest BCUT2D eigenvalue weighted by atomic mass is 10.0. The number of alkyl halides is 3. The van der Waals surface area contributed by atoms with Crippen molar-refractivity contribution in [1.82, 2.24) is 5.43 Å². The van der Waals surface area contributed by atoms with Crippen molar-refractivity contribution in [3.63, 3.8) is 0 Å². The van der Waals surface area contributed by atoms with Gasteiger partial charge >= 0.3 is 6.18 Å². The van der Waals surface area contributed by atoms with Crippen LogP contribution in [0.5, 0.6) is 0 Å². The Morgan fingerprint density at radius 2 is 2.04 bits per heavy atom. The van der Waals surface area contributed by atoms with E-state index in [4.69, 9.17) is 4.74 Å². The molecule has 1 aromatic carbocycles. The van der Waals surface area contributed by atoms with Gasteiger partial charge in [-0.15, -0.1) is 0 Å². The van der Waals surface area contributed by atoms with Crippen LogP contribution in [0.3, 0.4) is 0 Å². The number of ether oxygens (including phenoxy) is 1. The van der Waals surface area contributed by atoms with Crippen molar-refractivity contribution in [3.8, 4) is 0 Å². The summed E-state index contributed by atoms with van der Waals surface area (Å²) in [5.41, 5.74) is 0.118. The number of rotatable bonds is 8. The number of hydrazone groups is 1. The monoisotopic (exact) mass is 347 g/mol. The van der Waals surface area contributed by atoms with Crippen LogP contribution in [-0.2, 0) is 15.7 Å². The molecule has 3 N–H and O–H groups in total. The van der Waals surface area contributed by atoms with Crippen molar-refractivity contribution >= 4 is 17.8 Å². The quantitative estimate of drug-likeness (QED) is 0.382. The van der Waals surface area contributed by atoms with E-state index in [-0.39, 0.29) is 30.1 Å². The van der Waals surface area contributed by atoms with Gasteiger partial charge in [0.05, 0.1) is 23.5 Å². The zero-order valence-electron chi connectivity index (χ0n) is 13.6. The Balaban J connectivity index is 3.25. The Morgan fingerprint density at radius 1 is 1.38 bits per heavy atom. The molecule has 0 spiro atoms. The fourth-order valence-corrected chi connectivity index (χ4v) is 1.85. The SMILES string of the molecule is COC/C(=N\NC=O)c1ccc(NCC(C)(C)O)c(C(F)(F)F)c1. The molecular formula is C15H20F3N3O3. The minimum atomic E-state index is -4.60. The van der Waals surface area contributed by atoms with E-state index in [0.717, 1.165) is 6.07 Å². The van der Waals surface area contributed by atoms with Crippen LogP contribution < -0.4 is 10.7 Å². The van der Waals surface area contributed by atoms with Gasteiger partial charge in [-0.2, -0.15) is 18.3 Å². The molecule has 24 heavy (non-hydrogen) atoms. The number of anilines is 1. The molecule has 0 fully saturated rings. The van der Waals surface area contributed by atoms with Crippen LogP contribution in [0.15, 0.2) is 23.3 Å². The Kier molecular flexibility index (Phi) is 6.73. The van der Waals surface area contributed by atoms with Gasteiger partial charge in [0.1, 0.15) is 0 Å². The molecule has 0 aliphatic rings. The summed E-state index contributed by atoms with van der Waals surface area (Å²) in [5, 5.41) is 15.9. The molecule has 0 atom stereocenters. The first kappa shape index (κ1) is 19.9. The maximum absolute atomic E-state index is 13.3. The minimum absolute atomic E-state index is 0.0544. The number of carbonyl (C=O) groups is 1. The van der Waals surface area contributed by atoms with E-state index in [9.17, 15) is 23.1 Å². The van der Waals surface area contributed by atoms with E-state index in [2.05, 4.69) is 10.4 Å². The van der Waals surface area contributed by atoms with Crippen LogP contribution in [-0.4, -0.2) is 43.1 Å². The van der Waals surface area contributed by atoms with E-state index >= 15 is 0 Å². The second-order valence-electron chi connectivity index (χ2n) is 5.66. The fraction of sp³-hybridized carbons (Fsp3) is 0.467. The summed E-state index contributed by atoms with van der Waals surface area (Å²) in [6, 6.07) is 3.58. The van der Waals surface area contributed by atoms with Crippen molar-refractivity contribution < 1.29 is 27.8 Å². The highest BCUT2D eigenvalue weighted by Gasteiger charge is 2.34. The normalized spacial score (nSPS) is 12.9. The van der Waals surface area contributed by atoms with Gasteiger partial charge in [-0.25, -0.2) is 5.43 Å². The molecule has 1 amide bonds. The van der Waals surface area contributed by atoms with Crippen LogP contribution in [0.1, 0.15) is 25.0 Å². The molecule has 134 valence electrons. The first-order valence-corrected chi connectivity index (χ1v) is 7.01. The highest BCUT2D eigenvalue weighted by atomic mass is 19.4. The van der Waals surface area contributed by atoms with Crippen LogP contribution in [0, 0.1) is 0 Å². The highest BCUT2D eigenvalue weighted by molar-refractivity contribution is 6.02. The average Bonchev–Trinajstić information content (AvgIpc) is 2.47. The first-order chi connectivity index (χ1) is 11.1. The third-order valence-corrected chi connectivity index (χ3v) is 2.90. The molecule has 0 saturated carbocycles. The zero-order chi connectivity index (χ0) is 18.4. The molecule has 6 nitrogen and oxygen atoms in total. The molecule has 0 aromatic heterocycles. The molecule has 0 unspecified atom stereocenters. The predicted octanol–water partition coefficient (Wildman–Crippen LogP) is 1.98. The van der Waals surface area contributed by atoms with Gasteiger partial charge in [0.15, 0.2) is 0 Å². The summed E-state index contributed by atoms with van der Waals surface area (Å²) in [4.78, 5) is 10.3. The van der Waals surface area contributed by atoms with E-state index in [1.54, 1.807) is 0 Å². The lowest BCUT2D eigenvalue weighted by Gasteiger charge is -2.21. The van der Waals surface area contributed by atoms with Gasteiger partial charge in [0, 0.05) is 24.9 Å². The van der Waals surface area contributed by atoms with Crippen molar-refractivity contribution in [1.29, 1.82) is 0 Å². The molecule has 1 aromatic rings. The third-order valence-electron chi connectivity index (χ3n) is 2.90. The van der Waals surface area contributed by atoms with Gasteiger partial charge in [0.2, 0.25) is 6.41 Å². The standard InChI is InChI=1S/C15H20F3N3O3/c1-14(2,23)8-19-12-5-4-10(6-11(12)15(16,17)18)13(7-24-3)21-20-9-22/h4-6,9,19,23H,7-8H2,1-3H3,(H,20,22)/b21-13+. The van der Waals surface area contributed by atoms with E-state index in [1.165, 1.54) is 33.1 Å². The van der Waals surface area contributed by atoms with Crippen molar-refractivity contribution in [2.75, 3.05) is 25.6 Å². The zero-order valence-corrected chi connectivity index (χ0v) is 13.6. The van der Waals surface area contributed by atoms with Gasteiger partial charge < -0.3 is 15.2 Å². The number of carbonyl (C=O) groups excluding carboxylic acids is 1. The van der Waals surface area contributed by atoms with Crippen molar-refractivity contribution in [2.24, 2.45) is 5.10 Å². The summed E-state index contributed by atoms with van der Waals surface area (Å²) in [5.74, 6) is 0. The minimum Gasteiger partial charge on any atom is -0.389 e. The molecule has 1 rings (SSSR count). The first-order valence-electron chi connectivity index (χ1n) is 7.01. The molecule has 9 heteroatoms. The van der Waals surface area contributed by atoms with E-state index in [1.807, 2.05) is 5.43 Å². The maximum Gasteiger partial charge on any atom is 0.418 e. The molecule has 0 aliphatic carbocycles. The number of amides is 1. The van der Waals surface area contributed by atoms with Crippen LogP contribution in [0.4, 0.5) is 18.9 Å². The number of nitrogens with one attached hydrogen (secondary N) is 2. The van der Waals surface area contributed by atoms with Crippen LogP contribution in [0.2, 0.25) is 0 Å². The highest BCUT2D eigenvalue weighted by Crippen LogP contribution is 2.35. The van der Waals surface area contributed by atoms with Crippen LogP contribution >= 0.6 is 0 Å². The van der Waals surface area contributed by atoms with Crippen molar-refractivity contribution in [2.45, 2.75) is 25.6 Å². The molecule has 0 radical (unpaired) electrons. The fourth-order valence-electron chi connectivity index (χ4n) is 1.85. The Morgan fingerprint density at radius 3 is 2.54 bits per heavy atom. The number of halogens is 3.